The zero-order valence-electron chi connectivity index (χ0n) is 13.2. The molecule has 2 saturated carbocycles. The van der Waals surface area contributed by atoms with Gasteiger partial charge < -0.3 is 10.2 Å². The highest BCUT2D eigenvalue weighted by molar-refractivity contribution is 6.02. The van der Waals surface area contributed by atoms with Crippen molar-refractivity contribution in [2.75, 3.05) is 6.54 Å². The van der Waals surface area contributed by atoms with Gasteiger partial charge >= 0.3 is 0 Å². The van der Waals surface area contributed by atoms with Crippen molar-refractivity contribution < 1.29 is 9.59 Å². The number of amides is 2. The summed E-state index contributed by atoms with van der Waals surface area (Å²) in [5, 5.41) is 3.16. The van der Waals surface area contributed by atoms with Gasteiger partial charge in [-0.15, -0.1) is 0 Å². The van der Waals surface area contributed by atoms with Crippen LogP contribution in [0.4, 0.5) is 0 Å². The van der Waals surface area contributed by atoms with Crippen LogP contribution in [0.3, 0.4) is 0 Å². The van der Waals surface area contributed by atoms with Gasteiger partial charge in [0.05, 0.1) is 0 Å². The Morgan fingerprint density at radius 2 is 1.62 bits per heavy atom. The van der Waals surface area contributed by atoms with Gasteiger partial charge in [-0.2, -0.15) is 0 Å². The number of carbonyl (C=O) groups is 2. The van der Waals surface area contributed by atoms with Crippen molar-refractivity contribution in [1.29, 1.82) is 0 Å². The van der Waals surface area contributed by atoms with Crippen molar-refractivity contribution in [2.24, 2.45) is 0 Å². The van der Waals surface area contributed by atoms with Crippen LogP contribution in [0.2, 0.25) is 0 Å². The molecule has 21 heavy (non-hydrogen) atoms. The number of piperazine rings is 1. The molecule has 118 valence electrons. The maximum Gasteiger partial charge on any atom is 0.249 e. The first kappa shape index (κ1) is 14.9. The molecule has 0 aromatic heterocycles. The SMILES string of the molecule is CCCCCN1C(=O)C2(CCCC2)NC(=O)C12CCCC2. The maximum atomic E-state index is 13.2. The van der Waals surface area contributed by atoms with E-state index in [-0.39, 0.29) is 11.8 Å². The largest absolute Gasteiger partial charge is 0.340 e. The molecule has 1 aliphatic heterocycles. The lowest BCUT2D eigenvalue weighted by Crippen LogP contribution is -2.74. The van der Waals surface area contributed by atoms with Gasteiger partial charge in [0, 0.05) is 6.54 Å². The van der Waals surface area contributed by atoms with E-state index in [1.807, 2.05) is 4.90 Å². The van der Waals surface area contributed by atoms with E-state index < -0.39 is 11.1 Å². The molecule has 1 heterocycles. The van der Waals surface area contributed by atoms with Crippen LogP contribution in [-0.2, 0) is 9.59 Å². The van der Waals surface area contributed by atoms with E-state index >= 15 is 0 Å². The molecule has 0 atom stereocenters. The van der Waals surface area contributed by atoms with E-state index in [9.17, 15) is 9.59 Å². The molecule has 4 heteroatoms. The summed E-state index contributed by atoms with van der Waals surface area (Å²) >= 11 is 0. The van der Waals surface area contributed by atoms with E-state index in [2.05, 4.69) is 12.2 Å². The number of unbranched alkanes of at least 4 members (excludes halogenated alkanes) is 2. The van der Waals surface area contributed by atoms with Crippen molar-refractivity contribution in [3.05, 3.63) is 0 Å². The maximum absolute atomic E-state index is 13.2. The average molecular weight is 292 g/mol. The minimum absolute atomic E-state index is 0.137. The molecule has 4 nitrogen and oxygen atoms in total. The van der Waals surface area contributed by atoms with Gasteiger partial charge in [-0.1, -0.05) is 45.4 Å². The standard InChI is InChI=1S/C17H28N2O2/c1-2-3-8-13-19-15(21)16(9-4-5-10-16)18-14(20)17(19)11-6-7-12-17/h2-13H2,1H3,(H,18,20). The van der Waals surface area contributed by atoms with Crippen molar-refractivity contribution >= 4 is 11.8 Å². The predicted octanol–water partition coefficient (Wildman–Crippen LogP) is 2.76. The van der Waals surface area contributed by atoms with Crippen LogP contribution >= 0.6 is 0 Å². The predicted molar refractivity (Wildman–Crippen MR) is 81.8 cm³/mol. The third kappa shape index (κ3) is 2.27. The monoisotopic (exact) mass is 292 g/mol. The summed E-state index contributed by atoms with van der Waals surface area (Å²) in [7, 11) is 0. The summed E-state index contributed by atoms with van der Waals surface area (Å²) in [6.07, 6.45) is 10.9. The van der Waals surface area contributed by atoms with Crippen molar-refractivity contribution in [3.63, 3.8) is 0 Å². The van der Waals surface area contributed by atoms with Crippen LogP contribution in [0.15, 0.2) is 0 Å². The number of nitrogens with one attached hydrogen (secondary N) is 1. The van der Waals surface area contributed by atoms with Crippen LogP contribution in [0.25, 0.3) is 0 Å². The first-order chi connectivity index (χ1) is 10.1. The van der Waals surface area contributed by atoms with E-state index in [0.717, 1.165) is 77.2 Å². The fraction of sp³-hybridized carbons (Fsp3) is 0.882. The van der Waals surface area contributed by atoms with E-state index in [0.29, 0.717) is 0 Å². The number of carbonyl (C=O) groups excluding carboxylic acids is 2. The molecule has 3 rings (SSSR count). The molecule has 0 radical (unpaired) electrons. The number of hydrogen-bond acceptors (Lipinski definition) is 2. The molecule has 0 bridgehead atoms. The summed E-state index contributed by atoms with van der Waals surface area (Å²) in [4.78, 5) is 28.0. The zero-order valence-corrected chi connectivity index (χ0v) is 13.2. The Labute approximate surface area is 127 Å². The summed E-state index contributed by atoms with van der Waals surface area (Å²) in [6, 6.07) is 0. The van der Waals surface area contributed by atoms with Gasteiger partial charge in [0.25, 0.3) is 0 Å². The van der Waals surface area contributed by atoms with Crippen LogP contribution in [0, 0.1) is 0 Å². The molecular formula is C17H28N2O2. The number of nitrogens with zero attached hydrogens (tertiary/aromatic N) is 1. The number of rotatable bonds is 4. The Morgan fingerprint density at radius 1 is 1.00 bits per heavy atom. The summed E-state index contributed by atoms with van der Waals surface area (Å²) in [6.45, 7) is 2.94. The number of hydrogen-bond donors (Lipinski definition) is 1. The average Bonchev–Trinajstić information content (AvgIpc) is 3.12. The molecule has 0 aromatic carbocycles. The summed E-state index contributed by atoms with van der Waals surface area (Å²) < 4.78 is 0. The van der Waals surface area contributed by atoms with Crippen molar-refractivity contribution in [3.8, 4) is 0 Å². The van der Waals surface area contributed by atoms with Crippen LogP contribution in [0.5, 0.6) is 0 Å². The molecule has 1 N–H and O–H groups in total. The van der Waals surface area contributed by atoms with Crippen LogP contribution in [-0.4, -0.2) is 34.3 Å². The fourth-order valence-electron chi connectivity index (χ4n) is 4.57. The zero-order chi connectivity index (χ0) is 14.9. The highest BCUT2D eigenvalue weighted by Gasteiger charge is 2.59. The van der Waals surface area contributed by atoms with Gasteiger partial charge in [-0.3, -0.25) is 9.59 Å². The van der Waals surface area contributed by atoms with E-state index in [1.165, 1.54) is 0 Å². The molecule has 3 fully saturated rings. The Kier molecular flexibility index (Phi) is 3.98. The quantitative estimate of drug-likeness (QED) is 0.810. The lowest BCUT2D eigenvalue weighted by Gasteiger charge is -2.50. The van der Waals surface area contributed by atoms with Crippen molar-refractivity contribution in [1.82, 2.24) is 10.2 Å². The molecule has 2 amide bonds. The Bertz CT molecular complexity index is 421. The molecule has 0 unspecified atom stereocenters. The third-order valence-corrected chi connectivity index (χ3v) is 5.82. The van der Waals surface area contributed by atoms with Crippen molar-refractivity contribution in [2.45, 2.75) is 88.6 Å². The molecule has 2 spiro atoms. The molecule has 2 aliphatic carbocycles. The van der Waals surface area contributed by atoms with Gasteiger partial charge in [-0.05, 0) is 32.1 Å². The Hall–Kier alpha value is -1.06. The highest BCUT2D eigenvalue weighted by Crippen LogP contribution is 2.44. The summed E-state index contributed by atoms with van der Waals surface area (Å²) in [5.41, 5.74) is -1.07. The fourth-order valence-corrected chi connectivity index (χ4v) is 4.57. The Morgan fingerprint density at radius 3 is 2.24 bits per heavy atom. The first-order valence-corrected chi connectivity index (χ1v) is 8.79. The summed E-state index contributed by atoms with van der Waals surface area (Å²) in [5.74, 6) is 0.357. The van der Waals surface area contributed by atoms with Gasteiger partial charge in [-0.25, -0.2) is 0 Å². The lowest BCUT2D eigenvalue weighted by molar-refractivity contribution is -0.163. The minimum atomic E-state index is -0.558. The van der Waals surface area contributed by atoms with Crippen LogP contribution in [0.1, 0.15) is 77.6 Å². The van der Waals surface area contributed by atoms with Gasteiger partial charge in [0.2, 0.25) is 11.8 Å². The minimum Gasteiger partial charge on any atom is -0.340 e. The normalized spacial score (nSPS) is 26.8. The molecule has 3 aliphatic rings. The second kappa shape index (κ2) is 5.62. The van der Waals surface area contributed by atoms with E-state index in [4.69, 9.17) is 0 Å². The molecule has 1 saturated heterocycles. The second-order valence-corrected chi connectivity index (χ2v) is 7.15. The van der Waals surface area contributed by atoms with Crippen LogP contribution < -0.4 is 5.32 Å². The second-order valence-electron chi connectivity index (χ2n) is 7.15. The van der Waals surface area contributed by atoms with Gasteiger partial charge in [0.1, 0.15) is 11.1 Å². The molecular weight excluding hydrogens is 264 g/mol. The lowest BCUT2D eigenvalue weighted by atomic mass is 9.82. The highest BCUT2D eigenvalue weighted by atomic mass is 16.2. The Balaban J connectivity index is 1.87. The smallest absolute Gasteiger partial charge is 0.249 e. The molecule has 0 aromatic rings. The van der Waals surface area contributed by atoms with E-state index in [1.54, 1.807) is 0 Å². The van der Waals surface area contributed by atoms with Gasteiger partial charge in [0.15, 0.2) is 0 Å². The first-order valence-electron chi connectivity index (χ1n) is 8.79. The third-order valence-electron chi connectivity index (χ3n) is 5.82. The topological polar surface area (TPSA) is 49.4 Å².